The van der Waals surface area contributed by atoms with Gasteiger partial charge in [0.15, 0.2) is 0 Å². The van der Waals surface area contributed by atoms with Crippen LogP contribution in [0.1, 0.15) is 29.8 Å². The molecule has 1 N–H and O–H groups in total. The normalized spacial score (nSPS) is 10.4. The highest BCUT2D eigenvalue weighted by Gasteiger charge is 2.07. The third-order valence-electron chi connectivity index (χ3n) is 2.65. The number of benzene rings is 1. The van der Waals surface area contributed by atoms with E-state index in [0.717, 1.165) is 11.3 Å². The SMILES string of the molecule is Cc1ccnc(NC(=O)c2ccc(OC(C)C)cc2)c1. The fraction of sp³-hybridized carbons (Fsp3) is 0.250. The number of aryl methyl sites for hydroxylation is 1. The molecule has 0 atom stereocenters. The molecule has 1 amide bonds. The molecule has 0 aliphatic carbocycles. The second-order valence-electron chi connectivity index (χ2n) is 4.86. The molecule has 104 valence electrons. The topological polar surface area (TPSA) is 51.2 Å². The maximum Gasteiger partial charge on any atom is 0.256 e. The summed E-state index contributed by atoms with van der Waals surface area (Å²) in [5.74, 6) is 1.13. The third-order valence-corrected chi connectivity index (χ3v) is 2.65. The molecule has 20 heavy (non-hydrogen) atoms. The summed E-state index contributed by atoms with van der Waals surface area (Å²) in [4.78, 5) is 16.2. The Morgan fingerprint density at radius 1 is 1.20 bits per heavy atom. The summed E-state index contributed by atoms with van der Waals surface area (Å²) in [6.07, 6.45) is 1.79. The Hall–Kier alpha value is -2.36. The van der Waals surface area contributed by atoms with Crippen molar-refractivity contribution < 1.29 is 9.53 Å². The lowest BCUT2D eigenvalue weighted by molar-refractivity contribution is 0.102. The number of pyridine rings is 1. The Kier molecular flexibility index (Phi) is 4.35. The Morgan fingerprint density at radius 3 is 2.50 bits per heavy atom. The first-order chi connectivity index (χ1) is 9.54. The van der Waals surface area contributed by atoms with Crippen LogP contribution in [-0.2, 0) is 0 Å². The minimum Gasteiger partial charge on any atom is -0.491 e. The molecule has 0 aliphatic rings. The summed E-state index contributed by atoms with van der Waals surface area (Å²) in [5.41, 5.74) is 1.63. The van der Waals surface area contributed by atoms with E-state index < -0.39 is 0 Å². The number of anilines is 1. The predicted octanol–water partition coefficient (Wildman–Crippen LogP) is 3.43. The van der Waals surface area contributed by atoms with Gasteiger partial charge >= 0.3 is 0 Å². The molecular formula is C16H18N2O2. The number of nitrogens with one attached hydrogen (secondary N) is 1. The van der Waals surface area contributed by atoms with Gasteiger partial charge in [-0.2, -0.15) is 0 Å². The van der Waals surface area contributed by atoms with Gasteiger partial charge in [-0.1, -0.05) is 0 Å². The maximum atomic E-state index is 12.1. The highest BCUT2D eigenvalue weighted by atomic mass is 16.5. The second kappa shape index (κ2) is 6.19. The Balaban J connectivity index is 2.06. The van der Waals surface area contributed by atoms with Gasteiger partial charge < -0.3 is 10.1 Å². The van der Waals surface area contributed by atoms with Gasteiger partial charge in [0.25, 0.3) is 5.91 Å². The van der Waals surface area contributed by atoms with Crippen molar-refractivity contribution in [3.63, 3.8) is 0 Å². The first-order valence-electron chi connectivity index (χ1n) is 6.55. The fourth-order valence-electron chi connectivity index (χ4n) is 1.75. The number of hydrogen-bond acceptors (Lipinski definition) is 3. The molecule has 2 aromatic rings. The number of hydrogen-bond donors (Lipinski definition) is 1. The molecular weight excluding hydrogens is 252 g/mol. The minimum absolute atomic E-state index is 0.117. The number of rotatable bonds is 4. The number of ether oxygens (including phenoxy) is 1. The molecule has 2 rings (SSSR count). The highest BCUT2D eigenvalue weighted by Crippen LogP contribution is 2.15. The fourth-order valence-corrected chi connectivity index (χ4v) is 1.75. The molecule has 0 unspecified atom stereocenters. The summed E-state index contributed by atoms with van der Waals surface area (Å²) in [6, 6.07) is 10.8. The average molecular weight is 270 g/mol. The van der Waals surface area contributed by atoms with Gasteiger partial charge in [0.1, 0.15) is 11.6 Å². The summed E-state index contributed by atoms with van der Waals surface area (Å²) in [5, 5.41) is 2.77. The zero-order chi connectivity index (χ0) is 14.5. The number of carbonyl (C=O) groups excluding carboxylic acids is 1. The molecule has 1 aromatic carbocycles. The van der Waals surface area contributed by atoms with Crippen LogP contribution < -0.4 is 10.1 Å². The van der Waals surface area contributed by atoms with Crippen molar-refractivity contribution in [3.8, 4) is 5.75 Å². The lowest BCUT2D eigenvalue weighted by Gasteiger charge is -2.10. The van der Waals surface area contributed by atoms with Crippen molar-refractivity contribution in [1.29, 1.82) is 0 Å². The number of carbonyl (C=O) groups is 1. The largest absolute Gasteiger partial charge is 0.491 e. The summed E-state index contributed by atoms with van der Waals surface area (Å²) < 4.78 is 5.54. The van der Waals surface area contributed by atoms with Crippen LogP contribution in [-0.4, -0.2) is 17.0 Å². The number of amides is 1. The van der Waals surface area contributed by atoms with Gasteiger partial charge in [0.05, 0.1) is 6.10 Å². The van der Waals surface area contributed by atoms with Crippen molar-refractivity contribution in [2.75, 3.05) is 5.32 Å². The van der Waals surface area contributed by atoms with Crippen LogP contribution >= 0.6 is 0 Å². The first kappa shape index (κ1) is 14.1. The maximum absolute atomic E-state index is 12.1. The Morgan fingerprint density at radius 2 is 1.90 bits per heavy atom. The van der Waals surface area contributed by atoms with E-state index in [4.69, 9.17) is 4.74 Å². The van der Waals surface area contributed by atoms with E-state index in [2.05, 4.69) is 10.3 Å². The van der Waals surface area contributed by atoms with E-state index in [-0.39, 0.29) is 12.0 Å². The molecule has 0 bridgehead atoms. The minimum atomic E-state index is -0.181. The van der Waals surface area contributed by atoms with Crippen molar-refractivity contribution in [1.82, 2.24) is 4.98 Å². The lowest BCUT2D eigenvalue weighted by atomic mass is 10.2. The van der Waals surface area contributed by atoms with Gasteiger partial charge in [-0.05, 0) is 62.7 Å². The second-order valence-corrected chi connectivity index (χ2v) is 4.86. The van der Waals surface area contributed by atoms with E-state index in [1.807, 2.05) is 32.9 Å². The van der Waals surface area contributed by atoms with Crippen LogP contribution in [0.5, 0.6) is 5.75 Å². The van der Waals surface area contributed by atoms with E-state index >= 15 is 0 Å². The molecule has 1 heterocycles. The highest BCUT2D eigenvalue weighted by molar-refractivity contribution is 6.03. The van der Waals surface area contributed by atoms with Crippen LogP contribution in [0.15, 0.2) is 42.6 Å². The zero-order valence-corrected chi connectivity index (χ0v) is 11.9. The molecule has 0 fully saturated rings. The first-order valence-corrected chi connectivity index (χ1v) is 6.55. The molecule has 0 aliphatic heterocycles. The smallest absolute Gasteiger partial charge is 0.256 e. The molecule has 4 heteroatoms. The van der Waals surface area contributed by atoms with Crippen LogP contribution in [0.3, 0.4) is 0 Å². The van der Waals surface area contributed by atoms with Gasteiger partial charge in [0, 0.05) is 11.8 Å². The average Bonchev–Trinajstić information content (AvgIpc) is 2.38. The molecule has 4 nitrogen and oxygen atoms in total. The van der Waals surface area contributed by atoms with E-state index in [1.165, 1.54) is 0 Å². The van der Waals surface area contributed by atoms with Crippen LogP contribution in [0.4, 0.5) is 5.82 Å². The molecule has 0 saturated heterocycles. The van der Waals surface area contributed by atoms with Crippen molar-refractivity contribution in [2.24, 2.45) is 0 Å². The number of nitrogens with zero attached hydrogens (tertiary/aromatic N) is 1. The lowest BCUT2D eigenvalue weighted by Crippen LogP contribution is -2.13. The van der Waals surface area contributed by atoms with Crippen LogP contribution in [0.25, 0.3) is 0 Å². The molecule has 0 radical (unpaired) electrons. The third kappa shape index (κ3) is 3.82. The van der Waals surface area contributed by atoms with Crippen molar-refractivity contribution >= 4 is 11.7 Å². The Labute approximate surface area is 118 Å². The quantitative estimate of drug-likeness (QED) is 0.926. The van der Waals surface area contributed by atoms with Crippen LogP contribution in [0, 0.1) is 6.92 Å². The van der Waals surface area contributed by atoms with Crippen LogP contribution in [0.2, 0.25) is 0 Å². The van der Waals surface area contributed by atoms with Crippen molar-refractivity contribution in [2.45, 2.75) is 26.9 Å². The predicted molar refractivity (Wildman–Crippen MR) is 79.1 cm³/mol. The summed E-state index contributed by atoms with van der Waals surface area (Å²) in [7, 11) is 0. The Bertz CT molecular complexity index is 592. The van der Waals surface area contributed by atoms with Gasteiger partial charge in [0.2, 0.25) is 0 Å². The molecule has 0 spiro atoms. The van der Waals surface area contributed by atoms with E-state index in [9.17, 15) is 4.79 Å². The molecule has 1 aromatic heterocycles. The van der Waals surface area contributed by atoms with Gasteiger partial charge in [-0.25, -0.2) is 4.98 Å². The van der Waals surface area contributed by atoms with Gasteiger partial charge in [-0.15, -0.1) is 0 Å². The van der Waals surface area contributed by atoms with E-state index in [0.29, 0.717) is 11.4 Å². The van der Waals surface area contributed by atoms with E-state index in [1.54, 1.807) is 30.5 Å². The monoisotopic (exact) mass is 270 g/mol. The van der Waals surface area contributed by atoms with Crippen molar-refractivity contribution in [3.05, 3.63) is 53.7 Å². The molecule has 0 saturated carbocycles. The zero-order valence-electron chi connectivity index (χ0n) is 11.9. The van der Waals surface area contributed by atoms with Gasteiger partial charge in [-0.3, -0.25) is 4.79 Å². The standard InChI is InChI=1S/C16H18N2O2/c1-11(2)20-14-6-4-13(5-7-14)16(19)18-15-10-12(3)8-9-17-15/h4-11H,1-3H3,(H,17,18,19). The summed E-state index contributed by atoms with van der Waals surface area (Å²) in [6.45, 7) is 5.88. The summed E-state index contributed by atoms with van der Waals surface area (Å²) >= 11 is 0. The number of aromatic nitrogens is 1.